The second kappa shape index (κ2) is 11.3. The molecule has 0 unspecified atom stereocenters. The highest BCUT2D eigenvalue weighted by Gasteiger charge is 2.14. The first kappa shape index (κ1) is 24.1. The summed E-state index contributed by atoms with van der Waals surface area (Å²) in [6.07, 6.45) is 1.50. The van der Waals surface area contributed by atoms with Crippen LogP contribution in [0.5, 0.6) is 11.5 Å². The van der Waals surface area contributed by atoms with E-state index in [0.717, 1.165) is 14.5 Å². The number of methoxy groups -OCH3 is 1. The molecule has 0 heterocycles. The van der Waals surface area contributed by atoms with E-state index in [2.05, 4.69) is 53.1 Å². The highest BCUT2D eigenvalue weighted by molar-refractivity contribution is 9.11. The van der Waals surface area contributed by atoms with Crippen molar-refractivity contribution in [2.75, 3.05) is 12.4 Å². The van der Waals surface area contributed by atoms with Gasteiger partial charge in [-0.15, -0.1) is 0 Å². The Morgan fingerprint density at radius 2 is 1.78 bits per heavy atom. The number of nitrogens with one attached hydrogen (secondary N) is 1. The van der Waals surface area contributed by atoms with Crippen molar-refractivity contribution in [1.82, 2.24) is 0 Å². The van der Waals surface area contributed by atoms with E-state index in [-0.39, 0.29) is 5.57 Å². The zero-order chi connectivity index (χ0) is 23.1. The van der Waals surface area contributed by atoms with Gasteiger partial charge in [0.25, 0.3) is 5.91 Å². The maximum atomic E-state index is 12.6. The van der Waals surface area contributed by atoms with Crippen LogP contribution in [0.1, 0.15) is 11.1 Å². The topological polar surface area (TPSA) is 71.3 Å². The molecule has 8 heteroatoms. The number of carbonyl (C=O) groups excluding carboxylic acids is 1. The van der Waals surface area contributed by atoms with Gasteiger partial charge in [0.05, 0.1) is 7.11 Å². The third-order valence-electron chi connectivity index (χ3n) is 4.34. The van der Waals surface area contributed by atoms with Crippen LogP contribution in [0.25, 0.3) is 6.08 Å². The Morgan fingerprint density at radius 1 is 1.03 bits per heavy atom. The second-order valence-electron chi connectivity index (χ2n) is 6.57. The van der Waals surface area contributed by atoms with Gasteiger partial charge in [0.1, 0.15) is 18.2 Å². The summed E-state index contributed by atoms with van der Waals surface area (Å²) in [4.78, 5) is 12.6. The van der Waals surface area contributed by atoms with Gasteiger partial charge >= 0.3 is 0 Å². The number of carbonyl (C=O) groups is 1. The first-order valence-corrected chi connectivity index (χ1v) is 11.7. The number of ether oxygens (including phenoxy) is 2. The molecule has 32 heavy (non-hydrogen) atoms. The molecule has 0 bridgehead atoms. The molecule has 0 aliphatic carbocycles. The fourth-order valence-corrected chi connectivity index (χ4v) is 3.84. The Balaban J connectivity index is 1.81. The van der Waals surface area contributed by atoms with Crippen LogP contribution >= 0.6 is 47.8 Å². The lowest BCUT2D eigenvalue weighted by atomic mass is 10.1. The van der Waals surface area contributed by atoms with Crippen LogP contribution in [-0.2, 0) is 11.4 Å². The molecular weight excluding hydrogens is 604 g/mol. The highest BCUT2D eigenvalue weighted by atomic mass is 79.9. The molecule has 0 aliphatic rings. The summed E-state index contributed by atoms with van der Waals surface area (Å²) in [6, 6.07) is 20.4. The van der Waals surface area contributed by atoms with Gasteiger partial charge in [-0.1, -0.05) is 66.0 Å². The Hall–Kier alpha value is -2.60. The molecule has 0 spiro atoms. The van der Waals surface area contributed by atoms with Crippen LogP contribution in [-0.4, -0.2) is 13.0 Å². The van der Waals surface area contributed by atoms with Gasteiger partial charge < -0.3 is 14.8 Å². The van der Waals surface area contributed by atoms with Crippen molar-refractivity contribution in [2.24, 2.45) is 0 Å². The quantitative estimate of drug-likeness (QED) is 0.226. The molecule has 0 radical (unpaired) electrons. The Labute approximate surface area is 211 Å². The van der Waals surface area contributed by atoms with Crippen LogP contribution in [0.3, 0.4) is 0 Å². The smallest absolute Gasteiger partial charge is 0.266 e. The van der Waals surface area contributed by atoms with E-state index in [0.29, 0.717) is 33.8 Å². The molecular formula is C24H17Br3N2O3. The summed E-state index contributed by atoms with van der Waals surface area (Å²) >= 11 is 10.3. The minimum atomic E-state index is -0.507. The number of hydrogen-bond donors (Lipinski definition) is 1. The van der Waals surface area contributed by atoms with Gasteiger partial charge in [-0.05, 0) is 59.7 Å². The molecule has 162 valence electrons. The van der Waals surface area contributed by atoms with Crippen LogP contribution in [0.4, 0.5) is 5.69 Å². The molecule has 1 amide bonds. The van der Waals surface area contributed by atoms with Crippen molar-refractivity contribution < 1.29 is 14.3 Å². The number of halogens is 3. The predicted octanol–water partition coefficient (Wildman–Crippen LogP) is 7.11. The summed E-state index contributed by atoms with van der Waals surface area (Å²) < 4.78 is 13.9. The summed E-state index contributed by atoms with van der Waals surface area (Å²) in [5, 5.41) is 12.3. The summed E-state index contributed by atoms with van der Waals surface area (Å²) in [6.45, 7) is 0.365. The predicted molar refractivity (Wildman–Crippen MR) is 136 cm³/mol. The Bertz CT molecular complexity index is 1200. The van der Waals surface area contributed by atoms with Gasteiger partial charge in [0, 0.05) is 19.1 Å². The number of benzene rings is 3. The number of anilines is 1. The third-order valence-corrected chi connectivity index (χ3v) is 6.05. The number of rotatable bonds is 7. The van der Waals surface area contributed by atoms with Crippen molar-refractivity contribution in [2.45, 2.75) is 6.61 Å². The lowest BCUT2D eigenvalue weighted by Gasteiger charge is -2.13. The second-order valence-corrected chi connectivity index (χ2v) is 9.26. The first-order chi connectivity index (χ1) is 15.4. The largest absolute Gasteiger partial charge is 0.493 e. The van der Waals surface area contributed by atoms with Crippen LogP contribution in [0, 0.1) is 11.3 Å². The van der Waals surface area contributed by atoms with E-state index < -0.39 is 5.91 Å². The molecule has 0 saturated carbocycles. The van der Waals surface area contributed by atoms with Crippen LogP contribution in [0.15, 0.2) is 79.7 Å². The Kier molecular flexibility index (Phi) is 8.51. The number of hydrogen-bond acceptors (Lipinski definition) is 4. The van der Waals surface area contributed by atoms with E-state index in [1.807, 2.05) is 36.4 Å². The summed E-state index contributed by atoms with van der Waals surface area (Å²) in [5.74, 6) is 0.518. The Morgan fingerprint density at radius 3 is 2.44 bits per heavy atom. The van der Waals surface area contributed by atoms with Crippen molar-refractivity contribution >= 4 is 65.5 Å². The number of amides is 1. The lowest BCUT2D eigenvalue weighted by Crippen LogP contribution is -2.13. The zero-order valence-corrected chi connectivity index (χ0v) is 21.6. The maximum Gasteiger partial charge on any atom is 0.266 e. The van der Waals surface area contributed by atoms with Crippen molar-refractivity contribution in [3.8, 4) is 17.6 Å². The lowest BCUT2D eigenvalue weighted by molar-refractivity contribution is -0.112. The van der Waals surface area contributed by atoms with Crippen molar-refractivity contribution in [3.63, 3.8) is 0 Å². The molecule has 1 N–H and O–H groups in total. The highest BCUT2D eigenvalue weighted by Crippen LogP contribution is 2.35. The minimum Gasteiger partial charge on any atom is -0.493 e. The van der Waals surface area contributed by atoms with Gasteiger partial charge in [-0.2, -0.15) is 5.26 Å². The molecule has 5 nitrogen and oxygen atoms in total. The fourth-order valence-electron chi connectivity index (χ4n) is 2.74. The van der Waals surface area contributed by atoms with E-state index >= 15 is 0 Å². The van der Waals surface area contributed by atoms with Crippen LogP contribution < -0.4 is 14.8 Å². The minimum absolute atomic E-state index is 0.0451. The SMILES string of the molecule is COc1cc(/C=C(/C#N)C(=O)Nc2cccc(Br)c2)c(Br)cc1OCc1ccc(Br)cc1. The number of nitriles is 1. The molecule has 0 saturated heterocycles. The number of nitrogens with zero attached hydrogens (tertiary/aromatic N) is 1. The molecule has 3 rings (SSSR count). The van der Waals surface area contributed by atoms with E-state index in [9.17, 15) is 10.1 Å². The van der Waals surface area contributed by atoms with Crippen molar-refractivity contribution in [1.29, 1.82) is 5.26 Å². The van der Waals surface area contributed by atoms with E-state index in [4.69, 9.17) is 9.47 Å². The van der Waals surface area contributed by atoms with E-state index in [1.165, 1.54) is 13.2 Å². The van der Waals surface area contributed by atoms with Gasteiger partial charge in [0.2, 0.25) is 0 Å². The van der Waals surface area contributed by atoms with Crippen LogP contribution in [0.2, 0.25) is 0 Å². The summed E-state index contributed by atoms with van der Waals surface area (Å²) in [5.41, 5.74) is 2.15. The normalized spacial score (nSPS) is 10.9. The van der Waals surface area contributed by atoms with Gasteiger partial charge in [-0.3, -0.25) is 4.79 Å². The summed E-state index contributed by atoms with van der Waals surface area (Å²) in [7, 11) is 1.54. The fraction of sp³-hybridized carbons (Fsp3) is 0.0833. The van der Waals surface area contributed by atoms with Gasteiger partial charge in [0.15, 0.2) is 11.5 Å². The maximum absolute atomic E-state index is 12.6. The monoisotopic (exact) mass is 618 g/mol. The first-order valence-electron chi connectivity index (χ1n) is 9.33. The van der Waals surface area contributed by atoms with E-state index in [1.54, 1.807) is 30.3 Å². The molecule has 0 aromatic heterocycles. The van der Waals surface area contributed by atoms with Crippen molar-refractivity contribution in [3.05, 3.63) is 90.8 Å². The molecule has 0 fully saturated rings. The standard InChI is InChI=1S/C24H17Br3N2O3/c1-31-22-10-16(9-17(13-28)24(30)29-20-4-2-3-19(26)11-20)21(27)12-23(22)32-14-15-5-7-18(25)8-6-15/h2-12H,14H2,1H3,(H,29,30)/b17-9-. The van der Waals surface area contributed by atoms with Gasteiger partial charge in [-0.25, -0.2) is 0 Å². The molecule has 0 atom stereocenters. The third kappa shape index (κ3) is 6.45. The average molecular weight is 621 g/mol. The zero-order valence-electron chi connectivity index (χ0n) is 16.9. The molecule has 3 aromatic carbocycles. The average Bonchev–Trinajstić information content (AvgIpc) is 2.78. The molecule has 0 aliphatic heterocycles. The molecule has 3 aromatic rings.